The Kier molecular flexibility index (Phi) is 7.44. The third kappa shape index (κ3) is 5.94. The van der Waals surface area contributed by atoms with Gasteiger partial charge in [-0.3, -0.25) is 4.79 Å². The Morgan fingerprint density at radius 2 is 1.09 bits per heavy atom. The lowest BCUT2D eigenvalue weighted by atomic mass is 10.1. The van der Waals surface area contributed by atoms with Gasteiger partial charge in [-0.25, -0.2) is 0 Å². The molecular weight excluding hydrogens is 436 g/mol. The van der Waals surface area contributed by atoms with Crippen molar-refractivity contribution in [2.75, 3.05) is 27.4 Å². The van der Waals surface area contributed by atoms with Gasteiger partial charge in [0.05, 0.1) is 38.0 Å². The average molecular weight is 463 g/mol. The van der Waals surface area contributed by atoms with E-state index in [1.807, 2.05) is 60.7 Å². The minimum atomic E-state index is -0.239. The lowest BCUT2D eigenvalue weighted by molar-refractivity contribution is -0.129. The van der Waals surface area contributed by atoms with Gasteiger partial charge in [-0.05, 0) is 47.5 Å². The van der Waals surface area contributed by atoms with Crippen LogP contribution in [0.1, 0.15) is 22.5 Å². The van der Waals surface area contributed by atoms with Gasteiger partial charge in [0, 0.05) is 12.8 Å². The highest BCUT2D eigenvalue weighted by Crippen LogP contribution is 2.15. The highest BCUT2D eigenvalue weighted by molar-refractivity contribution is 5.80. The van der Waals surface area contributed by atoms with Gasteiger partial charge in [-0.1, -0.05) is 24.3 Å². The summed E-state index contributed by atoms with van der Waals surface area (Å²) in [6.45, 7) is -0.348. The molecule has 2 aromatic carbocycles. The van der Waals surface area contributed by atoms with Gasteiger partial charge in [0.15, 0.2) is 13.2 Å². The first kappa shape index (κ1) is 22.9. The van der Waals surface area contributed by atoms with Crippen molar-refractivity contribution in [2.24, 2.45) is 0 Å². The fourth-order valence-corrected chi connectivity index (χ4v) is 3.33. The van der Waals surface area contributed by atoms with Gasteiger partial charge in [0.1, 0.15) is 11.5 Å². The molecule has 0 bridgehead atoms. The van der Waals surface area contributed by atoms with Crippen molar-refractivity contribution in [3.05, 3.63) is 95.6 Å². The number of aromatic nitrogens is 4. The van der Waals surface area contributed by atoms with Crippen LogP contribution in [0.5, 0.6) is 11.5 Å². The zero-order valence-corrected chi connectivity index (χ0v) is 19.1. The van der Waals surface area contributed by atoms with Crippen LogP contribution in [0.4, 0.5) is 0 Å². The Labute approximate surface area is 197 Å². The summed E-state index contributed by atoms with van der Waals surface area (Å²) >= 11 is 0. The molecule has 0 radical (unpaired) electrons. The first-order valence-corrected chi connectivity index (χ1v) is 10.7. The van der Waals surface area contributed by atoms with E-state index in [-0.39, 0.29) is 19.0 Å². The number of carbonyl (C=O) groups excluding carboxylic acids is 1. The Bertz CT molecular complexity index is 1110. The van der Waals surface area contributed by atoms with Crippen LogP contribution in [-0.4, -0.2) is 53.1 Å². The zero-order valence-electron chi connectivity index (χ0n) is 19.1. The maximum absolute atomic E-state index is 12.4. The summed E-state index contributed by atoms with van der Waals surface area (Å²) in [5, 5.41) is 8.30. The van der Waals surface area contributed by atoms with Crippen LogP contribution in [0.15, 0.2) is 73.1 Å². The number of benzene rings is 2. The number of Topliss-reactive ketones (excluding diaryl/α,β-unsaturated/α-hetero) is 1. The second-order valence-electron chi connectivity index (χ2n) is 7.53. The van der Waals surface area contributed by atoms with E-state index in [1.165, 1.54) is 9.69 Å². The van der Waals surface area contributed by atoms with E-state index in [0.717, 1.165) is 34.0 Å². The second-order valence-corrected chi connectivity index (χ2v) is 7.53. The number of nitrogens with zero attached hydrogens (tertiary/aromatic N) is 4. The predicted octanol–water partition coefficient (Wildman–Crippen LogP) is 2.40. The minimum Gasteiger partial charge on any atom is -0.497 e. The van der Waals surface area contributed by atoms with Crippen molar-refractivity contribution in [1.29, 1.82) is 0 Å². The van der Waals surface area contributed by atoms with Crippen LogP contribution < -0.4 is 19.1 Å². The third-order valence-electron chi connectivity index (χ3n) is 5.15. The molecule has 176 valence electrons. The van der Waals surface area contributed by atoms with Crippen molar-refractivity contribution < 1.29 is 23.9 Å². The molecule has 4 aromatic rings. The SMILES string of the molecule is COc1ccc(Cc2ccnn2OCC(=O)COn2nccc2Cc2ccc(OC)cc2)cc1. The van der Waals surface area contributed by atoms with Crippen LogP contribution in [-0.2, 0) is 17.6 Å². The van der Waals surface area contributed by atoms with E-state index in [2.05, 4.69) is 10.2 Å². The number of ketones is 1. The number of carbonyl (C=O) groups is 1. The van der Waals surface area contributed by atoms with E-state index in [0.29, 0.717) is 12.8 Å². The molecule has 0 saturated heterocycles. The highest BCUT2D eigenvalue weighted by atomic mass is 16.7. The van der Waals surface area contributed by atoms with Crippen molar-refractivity contribution in [2.45, 2.75) is 12.8 Å². The number of methoxy groups -OCH3 is 2. The van der Waals surface area contributed by atoms with E-state index in [9.17, 15) is 4.79 Å². The molecule has 0 saturated carbocycles. The van der Waals surface area contributed by atoms with E-state index < -0.39 is 0 Å². The maximum atomic E-state index is 12.4. The first-order chi connectivity index (χ1) is 16.6. The van der Waals surface area contributed by atoms with Gasteiger partial charge in [-0.15, -0.1) is 19.9 Å². The summed E-state index contributed by atoms with van der Waals surface area (Å²) in [5.41, 5.74) is 3.80. The number of ether oxygens (including phenoxy) is 2. The fraction of sp³-hybridized carbons (Fsp3) is 0.240. The first-order valence-electron chi connectivity index (χ1n) is 10.7. The molecule has 2 aromatic heterocycles. The molecule has 0 fully saturated rings. The molecule has 2 heterocycles. The molecule has 0 aliphatic rings. The maximum Gasteiger partial charge on any atom is 0.213 e. The highest BCUT2D eigenvalue weighted by Gasteiger charge is 2.11. The second kappa shape index (κ2) is 11.0. The van der Waals surface area contributed by atoms with Gasteiger partial charge >= 0.3 is 0 Å². The van der Waals surface area contributed by atoms with E-state index in [1.54, 1.807) is 26.6 Å². The smallest absolute Gasteiger partial charge is 0.213 e. The summed E-state index contributed by atoms with van der Waals surface area (Å²) in [6, 6.07) is 19.2. The Morgan fingerprint density at radius 3 is 1.47 bits per heavy atom. The molecule has 0 aliphatic heterocycles. The molecule has 9 nitrogen and oxygen atoms in total. The lowest BCUT2D eigenvalue weighted by Crippen LogP contribution is -2.29. The summed E-state index contributed by atoms with van der Waals surface area (Å²) in [7, 11) is 3.26. The quantitative estimate of drug-likeness (QED) is 0.319. The molecule has 0 spiro atoms. The number of hydrogen-bond donors (Lipinski definition) is 0. The van der Waals surface area contributed by atoms with Gasteiger partial charge < -0.3 is 19.1 Å². The van der Waals surface area contributed by atoms with Crippen molar-refractivity contribution in [3.8, 4) is 11.5 Å². The topological polar surface area (TPSA) is 89.6 Å². The predicted molar refractivity (Wildman–Crippen MR) is 124 cm³/mol. The van der Waals surface area contributed by atoms with Gasteiger partial charge in [0.2, 0.25) is 5.78 Å². The van der Waals surface area contributed by atoms with Gasteiger partial charge in [-0.2, -0.15) is 0 Å². The molecule has 9 heteroatoms. The molecular formula is C25H26N4O5. The molecule has 34 heavy (non-hydrogen) atoms. The largest absolute Gasteiger partial charge is 0.497 e. The van der Waals surface area contributed by atoms with Crippen LogP contribution in [0, 0.1) is 0 Å². The molecule has 0 amide bonds. The summed E-state index contributed by atoms with van der Waals surface area (Å²) < 4.78 is 10.4. The Hall–Kier alpha value is -4.27. The minimum absolute atomic E-state index is 0.174. The third-order valence-corrected chi connectivity index (χ3v) is 5.15. The van der Waals surface area contributed by atoms with Crippen LogP contribution in [0.2, 0.25) is 0 Å². The number of hydrogen-bond acceptors (Lipinski definition) is 7. The molecule has 0 unspecified atom stereocenters. The summed E-state index contributed by atoms with van der Waals surface area (Å²) in [4.78, 5) is 26.3. The van der Waals surface area contributed by atoms with Crippen LogP contribution in [0.3, 0.4) is 0 Å². The number of rotatable bonds is 12. The fourth-order valence-electron chi connectivity index (χ4n) is 3.33. The molecule has 0 atom stereocenters. The van der Waals surface area contributed by atoms with Crippen molar-refractivity contribution >= 4 is 5.78 Å². The van der Waals surface area contributed by atoms with E-state index in [4.69, 9.17) is 19.1 Å². The standard InChI is InChI=1S/C25H26N4O5/c1-31-24-7-3-19(4-8-24)15-21-11-13-26-28(21)33-17-23(30)18-34-29-22(12-14-27-29)16-20-5-9-25(32-2)10-6-20/h3-14H,15-18H2,1-2H3. The van der Waals surface area contributed by atoms with Gasteiger partial charge in [0.25, 0.3) is 0 Å². The summed E-state index contributed by atoms with van der Waals surface area (Å²) in [5.74, 6) is 1.35. The normalized spacial score (nSPS) is 10.6. The lowest BCUT2D eigenvalue weighted by Gasteiger charge is -2.11. The van der Waals surface area contributed by atoms with E-state index >= 15 is 0 Å². The van der Waals surface area contributed by atoms with Crippen molar-refractivity contribution in [3.63, 3.8) is 0 Å². The zero-order chi connectivity index (χ0) is 23.8. The average Bonchev–Trinajstić information content (AvgIpc) is 3.51. The Balaban J connectivity index is 1.27. The molecule has 4 rings (SSSR count). The molecule has 0 N–H and O–H groups in total. The summed E-state index contributed by atoms with van der Waals surface area (Å²) in [6.07, 6.45) is 4.48. The van der Waals surface area contributed by atoms with Crippen LogP contribution >= 0.6 is 0 Å². The van der Waals surface area contributed by atoms with Crippen molar-refractivity contribution in [1.82, 2.24) is 19.9 Å². The van der Waals surface area contributed by atoms with Crippen LogP contribution in [0.25, 0.3) is 0 Å². The Morgan fingerprint density at radius 1 is 0.676 bits per heavy atom. The monoisotopic (exact) mass is 462 g/mol. The molecule has 0 aliphatic carbocycles.